The van der Waals surface area contributed by atoms with E-state index >= 15 is 0 Å². The standard InChI is InChI=1S/C17H16FNO4/c18-15-8-12(7-11-3-1-2-4-14(11)15)17(22)19-5-6-23-13(10-19)9-16(20)21/h1-4,7-8,13H,5-6,9-10H2,(H,20,21). The van der Waals surface area contributed by atoms with Crippen molar-refractivity contribution in [1.82, 2.24) is 4.90 Å². The van der Waals surface area contributed by atoms with Gasteiger partial charge < -0.3 is 14.7 Å². The van der Waals surface area contributed by atoms with Crippen molar-refractivity contribution in [3.05, 3.63) is 47.8 Å². The summed E-state index contributed by atoms with van der Waals surface area (Å²) in [6.45, 7) is 0.836. The van der Waals surface area contributed by atoms with E-state index in [1.807, 2.05) is 0 Å². The normalized spacial score (nSPS) is 18.1. The molecule has 3 rings (SSSR count). The zero-order chi connectivity index (χ0) is 16.4. The second-order valence-corrected chi connectivity index (χ2v) is 5.52. The molecule has 1 atom stereocenters. The number of carboxylic acids is 1. The van der Waals surface area contributed by atoms with Gasteiger partial charge in [0.1, 0.15) is 5.82 Å². The number of carbonyl (C=O) groups is 2. The zero-order valence-electron chi connectivity index (χ0n) is 12.4. The number of nitrogens with zero attached hydrogens (tertiary/aromatic N) is 1. The van der Waals surface area contributed by atoms with Crippen LogP contribution >= 0.6 is 0 Å². The van der Waals surface area contributed by atoms with Gasteiger partial charge in [-0.15, -0.1) is 0 Å². The van der Waals surface area contributed by atoms with Crippen LogP contribution in [-0.2, 0) is 9.53 Å². The molecule has 0 aromatic heterocycles. The van der Waals surface area contributed by atoms with Crippen LogP contribution in [-0.4, -0.2) is 47.7 Å². The van der Waals surface area contributed by atoms with Crippen LogP contribution in [0.25, 0.3) is 10.8 Å². The van der Waals surface area contributed by atoms with Crippen molar-refractivity contribution in [2.24, 2.45) is 0 Å². The summed E-state index contributed by atoms with van der Waals surface area (Å²) in [5.74, 6) is -1.73. The Bertz CT molecular complexity index is 761. The Labute approximate surface area is 132 Å². The molecule has 1 saturated heterocycles. The summed E-state index contributed by atoms with van der Waals surface area (Å²) in [5, 5.41) is 9.96. The molecule has 1 aliphatic heterocycles. The Hall–Kier alpha value is -2.47. The van der Waals surface area contributed by atoms with Gasteiger partial charge in [0.15, 0.2) is 0 Å². The van der Waals surface area contributed by atoms with Gasteiger partial charge >= 0.3 is 5.97 Å². The largest absolute Gasteiger partial charge is 0.481 e. The lowest BCUT2D eigenvalue weighted by Crippen LogP contribution is -2.46. The second kappa shape index (κ2) is 6.34. The summed E-state index contributed by atoms with van der Waals surface area (Å²) >= 11 is 0. The number of halogens is 1. The Morgan fingerprint density at radius 2 is 2.09 bits per heavy atom. The van der Waals surface area contributed by atoms with Gasteiger partial charge in [-0.2, -0.15) is 0 Å². The summed E-state index contributed by atoms with van der Waals surface area (Å²) in [5.41, 5.74) is 0.261. The lowest BCUT2D eigenvalue weighted by molar-refractivity contribution is -0.141. The van der Waals surface area contributed by atoms with Gasteiger partial charge in [0.05, 0.1) is 19.1 Å². The molecular weight excluding hydrogens is 301 g/mol. The number of benzene rings is 2. The van der Waals surface area contributed by atoms with Crippen LogP contribution in [0.5, 0.6) is 0 Å². The summed E-state index contributed by atoms with van der Waals surface area (Å²) in [6.07, 6.45) is -0.689. The highest BCUT2D eigenvalue weighted by atomic mass is 19.1. The molecule has 1 fully saturated rings. The molecule has 0 radical (unpaired) electrons. The van der Waals surface area contributed by atoms with E-state index in [0.29, 0.717) is 17.3 Å². The maximum Gasteiger partial charge on any atom is 0.306 e. The first-order valence-electron chi connectivity index (χ1n) is 7.35. The topological polar surface area (TPSA) is 66.8 Å². The van der Waals surface area contributed by atoms with Gasteiger partial charge in [0, 0.05) is 24.0 Å². The van der Waals surface area contributed by atoms with E-state index in [4.69, 9.17) is 9.84 Å². The first-order valence-corrected chi connectivity index (χ1v) is 7.35. The van der Waals surface area contributed by atoms with Crippen LogP contribution < -0.4 is 0 Å². The molecule has 2 aromatic rings. The smallest absolute Gasteiger partial charge is 0.306 e. The quantitative estimate of drug-likeness (QED) is 0.943. The Morgan fingerprint density at radius 3 is 2.87 bits per heavy atom. The van der Waals surface area contributed by atoms with Crippen molar-refractivity contribution in [1.29, 1.82) is 0 Å². The third-order valence-electron chi connectivity index (χ3n) is 3.89. The minimum atomic E-state index is -0.971. The average molecular weight is 317 g/mol. The summed E-state index contributed by atoms with van der Waals surface area (Å²) in [4.78, 5) is 24.9. The fraction of sp³-hybridized carbons (Fsp3) is 0.294. The highest BCUT2D eigenvalue weighted by molar-refractivity contribution is 5.98. The maximum absolute atomic E-state index is 14.1. The predicted molar refractivity (Wildman–Crippen MR) is 81.8 cm³/mol. The van der Waals surface area contributed by atoms with Crippen molar-refractivity contribution in [3.63, 3.8) is 0 Å². The van der Waals surface area contributed by atoms with Crippen LogP contribution in [0.2, 0.25) is 0 Å². The summed E-state index contributed by atoms with van der Waals surface area (Å²) < 4.78 is 19.5. The number of aliphatic carboxylic acids is 1. The molecule has 1 aliphatic rings. The van der Waals surface area contributed by atoms with Crippen molar-refractivity contribution in [2.75, 3.05) is 19.7 Å². The number of morpholine rings is 1. The number of amides is 1. The van der Waals surface area contributed by atoms with E-state index in [1.54, 1.807) is 30.3 Å². The molecule has 2 aromatic carbocycles. The molecule has 1 amide bonds. The van der Waals surface area contributed by atoms with E-state index < -0.39 is 17.9 Å². The number of carboxylic acid groups (broad SMARTS) is 1. The van der Waals surface area contributed by atoms with E-state index in [9.17, 15) is 14.0 Å². The van der Waals surface area contributed by atoms with Crippen molar-refractivity contribution >= 4 is 22.6 Å². The lowest BCUT2D eigenvalue weighted by Gasteiger charge is -2.32. The molecule has 0 spiro atoms. The molecule has 1 N–H and O–H groups in total. The predicted octanol–water partition coefficient (Wildman–Crippen LogP) is 2.29. The van der Waals surface area contributed by atoms with Gasteiger partial charge in [0.25, 0.3) is 5.91 Å². The molecule has 23 heavy (non-hydrogen) atoms. The van der Waals surface area contributed by atoms with Crippen LogP contribution in [0.3, 0.4) is 0 Å². The molecule has 120 valence electrons. The molecule has 0 bridgehead atoms. The molecule has 1 heterocycles. The fourth-order valence-corrected chi connectivity index (χ4v) is 2.79. The molecule has 0 saturated carbocycles. The highest BCUT2D eigenvalue weighted by Gasteiger charge is 2.27. The van der Waals surface area contributed by atoms with Gasteiger partial charge in [-0.3, -0.25) is 9.59 Å². The minimum absolute atomic E-state index is 0.157. The van der Waals surface area contributed by atoms with E-state index in [2.05, 4.69) is 0 Å². The highest BCUT2D eigenvalue weighted by Crippen LogP contribution is 2.21. The Kier molecular flexibility index (Phi) is 4.25. The monoisotopic (exact) mass is 317 g/mol. The SMILES string of the molecule is O=C(O)CC1CN(C(=O)c2cc(F)c3ccccc3c2)CCO1. The first kappa shape index (κ1) is 15.4. The minimum Gasteiger partial charge on any atom is -0.481 e. The van der Waals surface area contributed by atoms with E-state index in [1.165, 1.54) is 11.0 Å². The average Bonchev–Trinajstić information content (AvgIpc) is 2.54. The third-order valence-corrected chi connectivity index (χ3v) is 3.89. The number of carbonyl (C=O) groups excluding carboxylic acids is 1. The molecule has 6 heteroatoms. The van der Waals surface area contributed by atoms with Crippen molar-refractivity contribution in [3.8, 4) is 0 Å². The van der Waals surface area contributed by atoms with E-state index in [-0.39, 0.29) is 31.0 Å². The maximum atomic E-state index is 14.1. The van der Waals surface area contributed by atoms with Gasteiger partial charge in [-0.05, 0) is 17.5 Å². The third kappa shape index (κ3) is 3.32. The molecule has 5 nitrogen and oxygen atoms in total. The lowest BCUT2D eigenvalue weighted by atomic mass is 10.0. The number of ether oxygens (including phenoxy) is 1. The second-order valence-electron chi connectivity index (χ2n) is 5.52. The fourth-order valence-electron chi connectivity index (χ4n) is 2.79. The number of rotatable bonds is 3. The molecule has 0 aliphatic carbocycles. The zero-order valence-corrected chi connectivity index (χ0v) is 12.4. The van der Waals surface area contributed by atoms with Gasteiger partial charge in [0.2, 0.25) is 0 Å². The van der Waals surface area contributed by atoms with Crippen LogP contribution in [0.4, 0.5) is 4.39 Å². The van der Waals surface area contributed by atoms with Crippen molar-refractivity contribution < 1.29 is 23.8 Å². The Morgan fingerprint density at radius 1 is 1.30 bits per heavy atom. The molecular formula is C17H16FNO4. The van der Waals surface area contributed by atoms with Gasteiger partial charge in [-0.25, -0.2) is 4.39 Å². The number of hydrogen-bond donors (Lipinski definition) is 1. The van der Waals surface area contributed by atoms with Gasteiger partial charge in [-0.1, -0.05) is 24.3 Å². The van der Waals surface area contributed by atoms with Crippen molar-refractivity contribution in [2.45, 2.75) is 12.5 Å². The van der Waals surface area contributed by atoms with Crippen LogP contribution in [0.15, 0.2) is 36.4 Å². The van der Waals surface area contributed by atoms with Crippen LogP contribution in [0, 0.1) is 5.82 Å². The summed E-state index contributed by atoms with van der Waals surface area (Å²) in [7, 11) is 0. The van der Waals surface area contributed by atoms with E-state index in [0.717, 1.165) is 0 Å². The van der Waals surface area contributed by atoms with Crippen LogP contribution in [0.1, 0.15) is 16.8 Å². The molecule has 1 unspecified atom stereocenters. The first-order chi connectivity index (χ1) is 11.0. The summed E-state index contributed by atoms with van der Waals surface area (Å²) in [6, 6.07) is 9.83. The Balaban J connectivity index is 1.83. The number of fused-ring (bicyclic) bond motifs is 1. The number of hydrogen-bond acceptors (Lipinski definition) is 3.